The number of furan rings is 2. The summed E-state index contributed by atoms with van der Waals surface area (Å²) >= 11 is 14.0. The van der Waals surface area contributed by atoms with Gasteiger partial charge in [-0.15, -0.1) is 35.9 Å². The molecule has 0 amide bonds. The second-order valence-corrected chi connectivity index (χ2v) is 19.4. The van der Waals surface area contributed by atoms with Crippen molar-refractivity contribution in [1.29, 1.82) is 0 Å². The number of benzene rings is 6. The van der Waals surface area contributed by atoms with Crippen LogP contribution in [0.2, 0.25) is 23.1 Å². The van der Waals surface area contributed by atoms with E-state index in [-0.39, 0.29) is 26.2 Å². The van der Waals surface area contributed by atoms with Gasteiger partial charge in [-0.25, -0.2) is 0 Å². The zero-order valence-corrected chi connectivity index (χ0v) is 40.2. The number of halogens is 2. The molecule has 0 saturated carbocycles. The molecule has 0 aliphatic carbocycles. The third-order valence-corrected chi connectivity index (χ3v) is 14.5. The second-order valence-electron chi connectivity index (χ2n) is 16.1. The third-order valence-electron chi connectivity index (χ3n) is 12.0. The average Bonchev–Trinajstić information content (AvgIpc) is 4.02. The first-order valence-corrected chi connectivity index (χ1v) is 23.4. The largest absolute Gasteiger partial charge is 2.00 e. The Morgan fingerprint density at radius 2 is 1.05 bits per heavy atom. The summed E-state index contributed by atoms with van der Waals surface area (Å²) in [5.74, 6) is 3.62. The van der Waals surface area contributed by atoms with E-state index >= 15 is 0 Å². The van der Waals surface area contributed by atoms with Gasteiger partial charge >= 0.3 is 26.2 Å². The predicted octanol–water partition coefficient (Wildman–Crippen LogP) is 16.4. The third kappa shape index (κ3) is 7.20. The van der Waals surface area contributed by atoms with Crippen LogP contribution in [0, 0.1) is 41.5 Å². The molecule has 2 aromatic heterocycles. The van der Waals surface area contributed by atoms with Crippen molar-refractivity contribution in [2.24, 2.45) is 0 Å². The van der Waals surface area contributed by atoms with Crippen LogP contribution in [0.3, 0.4) is 0 Å². The molecule has 1 radical (unpaired) electrons. The van der Waals surface area contributed by atoms with Crippen molar-refractivity contribution in [3.8, 4) is 44.9 Å². The average molecular weight is 916 g/mol. The van der Waals surface area contributed by atoms with Gasteiger partial charge in [0.1, 0.15) is 23.0 Å². The van der Waals surface area contributed by atoms with E-state index in [1.807, 2.05) is 26.0 Å². The Balaban J connectivity index is 0.000000166. The van der Waals surface area contributed by atoms with Gasteiger partial charge < -0.3 is 8.83 Å². The number of rotatable bonds is 5. The van der Waals surface area contributed by atoms with Crippen LogP contribution in [0.4, 0.5) is 0 Å². The van der Waals surface area contributed by atoms with Crippen LogP contribution < -0.4 is 5.19 Å². The van der Waals surface area contributed by atoms with Crippen molar-refractivity contribution in [3.05, 3.63) is 171 Å². The van der Waals surface area contributed by atoms with E-state index in [2.05, 4.69) is 156 Å². The van der Waals surface area contributed by atoms with Gasteiger partial charge in [0, 0.05) is 5.02 Å². The van der Waals surface area contributed by atoms with Crippen molar-refractivity contribution < 1.29 is 35.0 Å². The molecule has 6 heteroatoms. The summed E-state index contributed by atoms with van der Waals surface area (Å²) < 4.78 is 12.1. The molecule has 0 bridgehead atoms. The molecule has 0 N–H and O–H groups in total. The fraction of sp³-hybridized carbons (Fsp3) is 0.148. The smallest absolute Gasteiger partial charge is 0.468 e. The van der Waals surface area contributed by atoms with Gasteiger partial charge in [-0.05, 0) is 98.3 Å². The summed E-state index contributed by atoms with van der Waals surface area (Å²) in [7, 11) is -0.904. The van der Waals surface area contributed by atoms with Gasteiger partial charge in [-0.1, -0.05) is 180 Å². The van der Waals surface area contributed by atoms with Crippen LogP contribution >= 0.6 is 23.2 Å². The SMILES string of the molecule is Cc1ccc(-c2ccc3ccccc3c2-[c-]2c([Si](C)C)c(Cl)c3c(Cl)c(C)c(C)cc32)o1.Cc1ccc(-c2ccc3ccccc3c2-[c-]2ccc3cc(C)c(C)cc32)o1.[Zr+2]. The first-order chi connectivity index (χ1) is 28.4. The van der Waals surface area contributed by atoms with Crippen LogP contribution in [0.25, 0.3) is 88.0 Å². The fourth-order valence-electron chi connectivity index (χ4n) is 8.75. The van der Waals surface area contributed by atoms with E-state index in [1.165, 1.54) is 76.4 Å². The van der Waals surface area contributed by atoms with Crippen LogP contribution in [-0.2, 0) is 26.2 Å². The summed E-state index contributed by atoms with van der Waals surface area (Å²) in [5.41, 5.74) is 12.1. The van der Waals surface area contributed by atoms with Crippen LogP contribution in [-0.4, -0.2) is 8.80 Å². The van der Waals surface area contributed by atoms with Gasteiger partial charge in [0.05, 0.1) is 8.80 Å². The summed E-state index contributed by atoms with van der Waals surface area (Å²) in [5, 5.41) is 12.4. The first kappa shape index (κ1) is 42.0. The van der Waals surface area contributed by atoms with E-state index in [9.17, 15) is 0 Å². The maximum absolute atomic E-state index is 7.11. The summed E-state index contributed by atoms with van der Waals surface area (Å²) in [6.07, 6.45) is 0. The zero-order chi connectivity index (χ0) is 41.3. The number of aryl methyl sites for hydroxylation is 5. The molecule has 0 aliphatic heterocycles. The van der Waals surface area contributed by atoms with E-state index in [4.69, 9.17) is 32.0 Å². The molecular weight excluding hydrogens is 871 g/mol. The molecule has 0 spiro atoms. The molecule has 0 saturated heterocycles. The Bertz CT molecular complexity index is 3240. The summed E-state index contributed by atoms with van der Waals surface area (Å²) in [6, 6.07) is 45.4. The van der Waals surface area contributed by atoms with Crippen molar-refractivity contribution in [2.75, 3.05) is 0 Å². The Morgan fingerprint density at radius 3 is 1.62 bits per heavy atom. The van der Waals surface area contributed by atoms with Crippen LogP contribution in [0.15, 0.2) is 136 Å². The normalized spacial score (nSPS) is 11.5. The number of hydrogen-bond acceptors (Lipinski definition) is 2. The molecule has 0 fully saturated rings. The van der Waals surface area contributed by atoms with Gasteiger partial charge in [-0.3, -0.25) is 0 Å². The predicted molar refractivity (Wildman–Crippen MR) is 256 cm³/mol. The van der Waals surface area contributed by atoms with E-state index < -0.39 is 8.80 Å². The summed E-state index contributed by atoms with van der Waals surface area (Å²) in [4.78, 5) is 0. The monoisotopic (exact) mass is 913 g/mol. The minimum Gasteiger partial charge on any atom is -0.468 e. The zero-order valence-electron chi connectivity index (χ0n) is 35.2. The van der Waals surface area contributed by atoms with Gasteiger partial charge in [0.15, 0.2) is 0 Å². The van der Waals surface area contributed by atoms with Gasteiger partial charge in [-0.2, -0.15) is 0 Å². The van der Waals surface area contributed by atoms with E-state index in [0.29, 0.717) is 0 Å². The maximum atomic E-state index is 7.11. The van der Waals surface area contributed by atoms with Gasteiger partial charge in [0.2, 0.25) is 0 Å². The fourth-order valence-corrected chi connectivity index (χ4v) is 11.3. The van der Waals surface area contributed by atoms with Crippen molar-refractivity contribution in [3.63, 3.8) is 0 Å². The molecule has 0 atom stereocenters. The quantitative estimate of drug-likeness (QED) is 0.127. The molecule has 295 valence electrons. The molecule has 2 nitrogen and oxygen atoms in total. The summed E-state index contributed by atoms with van der Waals surface area (Å²) in [6.45, 7) is 17.1. The van der Waals surface area contributed by atoms with Crippen LogP contribution in [0.5, 0.6) is 0 Å². The molecule has 8 aromatic carbocycles. The Labute approximate surface area is 383 Å². The minimum atomic E-state index is -0.904. The standard InChI is InChI=1S/C28H24Cl2OSi.C26H21O.Zr/c1-15-14-21-24(28(32(4)5)27(30)25(21)26(29)17(15)3)23-19-9-7-6-8-18(19)11-12-20(23)22-13-10-16(2)31-22;1-16-14-20-10-11-22(24(20)15-17(16)2)26-21-7-5-4-6-19(21)9-12-23(26)25-13-8-18(3)27-25;/h6-14H,1-5H3;4-15H,1-3H3;/q2*-1;+2. The molecule has 0 unspecified atom stereocenters. The Hall–Kier alpha value is -4.70. The van der Waals surface area contributed by atoms with E-state index in [0.717, 1.165) is 60.5 Å². The second kappa shape index (κ2) is 16.6. The number of fused-ring (bicyclic) bond motifs is 4. The van der Waals surface area contributed by atoms with Crippen LogP contribution in [0.1, 0.15) is 33.8 Å². The first-order valence-electron chi connectivity index (χ1n) is 20.1. The Kier molecular flexibility index (Phi) is 11.6. The van der Waals surface area contributed by atoms with Crippen molar-refractivity contribution in [2.45, 2.75) is 54.6 Å². The molecule has 60 heavy (non-hydrogen) atoms. The Morgan fingerprint density at radius 1 is 0.517 bits per heavy atom. The molecular formula is C54H45Cl2O2SiZr. The maximum Gasteiger partial charge on any atom is 2.00 e. The number of hydrogen-bond donors (Lipinski definition) is 0. The molecule has 10 aromatic rings. The van der Waals surface area contributed by atoms with Gasteiger partial charge in [0.25, 0.3) is 0 Å². The van der Waals surface area contributed by atoms with Crippen molar-refractivity contribution >= 4 is 80.3 Å². The molecule has 0 aliphatic rings. The van der Waals surface area contributed by atoms with Crippen molar-refractivity contribution in [1.82, 2.24) is 0 Å². The minimum absolute atomic E-state index is 0. The molecule has 2 heterocycles. The van der Waals surface area contributed by atoms with E-state index in [1.54, 1.807) is 0 Å². The topological polar surface area (TPSA) is 26.3 Å². The molecule has 10 rings (SSSR count).